The normalized spacial score (nSPS) is 12.1. The van der Waals surface area contributed by atoms with Crippen molar-refractivity contribution in [2.45, 2.75) is 19.1 Å². The Morgan fingerprint density at radius 3 is 2.09 bits per heavy atom. The first-order valence-corrected chi connectivity index (χ1v) is 10.00. The zero-order chi connectivity index (χ0) is 25.2. The predicted molar refractivity (Wildman–Crippen MR) is 116 cm³/mol. The number of rotatable bonds is 18. The van der Waals surface area contributed by atoms with Crippen LogP contribution in [0, 0.1) is 10.1 Å². The number of nitrogens with zero attached hydrogens (tertiary/aromatic N) is 7. The number of carbonyl (C=O) groups is 1. The predicted octanol–water partition coefficient (Wildman–Crippen LogP) is 3.77. The Kier molecular flexibility index (Phi) is 14.1. The van der Waals surface area contributed by atoms with E-state index in [4.69, 9.17) is 35.1 Å². The van der Waals surface area contributed by atoms with Crippen LogP contribution in [0.3, 0.4) is 0 Å². The van der Waals surface area contributed by atoms with E-state index >= 15 is 0 Å². The molecule has 34 heavy (non-hydrogen) atoms. The summed E-state index contributed by atoms with van der Waals surface area (Å²) in [6, 6.07) is 3.55. The lowest BCUT2D eigenvalue weighted by Crippen LogP contribution is -2.28. The van der Waals surface area contributed by atoms with Crippen LogP contribution in [0.5, 0.6) is 5.75 Å². The Hall–Kier alpha value is -3.65. The molecule has 186 valence electrons. The summed E-state index contributed by atoms with van der Waals surface area (Å²) >= 11 is 0. The van der Waals surface area contributed by atoms with E-state index in [9.17, 15) is 14.9 Å². The van der Waals surface area contributed by atoms with Gasteiger partial charge in [-0.05, 0) is 23.2 Å². The fourth-order valence-corrected chi connectivity index (χ4v) is 2.66. The van der Waals surface area contributed by atoms with Crippen molar-refractivity contribution in [3.63, 3.8) is 0 Å². The molecule has 16 nitrogen and oxygen atoms in total. The second-order valence-electron chi connectivity index (χ2n) is 6.38. The van der Waals surface area contributed by atoms with Gasteiger partial charge in [0.15, 0.2) is 6.29 Å². The third-order valence-electron chi connectivity index (χ3n) is 4.12. The Balaban J connectivity index is 2.88. The minimum absolute atomic E-state index is 0.0577. The van der Waals surface area contributed by atoms with Gasteiger partial charge >= 0.3 is 6.16 Å². The van der Waals surface area contributed by atoms with Crippen LogP contribution in [-0.2, 0) is 18.9 Å². The summed E-state index contributed by atoms with van der Waals surface area (Å²) in [5, 5.41) is 27.0. The van der Waals surface area contributed by atoms with Gasteiger partial charge in [-0.3, -0.25) is 10.1 Å². The van der Waals surface area contributed by atoms with Crippen LogP contribution in [-0.4, -0.2) is 75.2 Å². The number of azide groups is 2. The molecule has 1 atom stereocenters. The van der Waals surface area contributed by atoms with Crippen molar-refractivity contribution >= 4 is 11.8 Å². The second-order valence-corrected chi connectivity index (χ2v) is 6.38. The monoisotopic (exact) mass is 483 g/mol. The van der Waals surface area contributed by atoms with Gasteiger partial charge in [-0.25, -0.2) is 4.79 Å². The molecule has 0 fully saturated rings. The number of hydrogen-bond donors (Lipinski definition) is 1. The fraction of sp³-hybridized carbons (Fsp3) is 0.611. The van der Waals surface area contributed by atoms with Crippen molar-refractivity contribution in [2.24, 2.45) is 10.2 Å². The summed E-state index contributed by atoms with van der Waals surface area (Å²) in [5.41, 5.74) is 16.4. The summed E-state index contributed by atoms with van der Waals surface area (Å²) in [7, 11) is 0. The molecule has 0 aliphatic rings. The Morgan fingerprint density at radius 2 is 1.62 bits per heavy atom. The highest BCUT2D eigenvalue weighted by molar-refractivity contribution is 5.62. The molecule has 0 saturated heterocycles. The molecule has 0 radical (unpaired) electrons. The zero-order valence-corrected chi connectivity index (χ0v) is 18.4. The van der Waals surface area contributed by atoms with E-state index in [1.165, 1.54) is 12.1 Å². The number of benzene rings is 1. The molecule has 1 aromatic carbocycles. The van der Waals surface area contributed by atoms with Gasteiger partial charge in [0.05, 0.1) is 44.6 Å². The summed E-state index contributed by atoms with van der Waals surface area (Å²) in [4.78, 5) is 27.0. The lowest BCUT2D eigenvalue weighted by atomic mass is 9.98. The molecule has 0 aliphatic carbocycles. The van der Waals surface area contributed by atoms with Crippen molar-refractivity contribution < 1.29 is 38.5 Å². The van der Waals surface area contributed by atoms with Gasteiger partial charge in [-0.15, -0.1) is 0 Å². The highest BCUT2D eigenvalue weighted by Crippen LogP contribution is 2.33. The largest absolute Gasteiger partial charge is 0.511 e. The average Bonchev–Trinajstić information content (AvgIpc) is 2.80. The maximum absolute atomic E-state index is 11.5. The van der Waals surface area contributed by atoms with Crippen LogP contribution in [0.2, 0.25) is 0 Å². The van der Waals surface area contributed by atoms with Gasteiger partial charge in [-0.1, -0.05) is 17.2 Å². The second kappa shape index (κ2) is 16.9. The third-order valence-corrected chi connectivity index (χ3v) is 4.12. The van der Waals surface area contributed by atoms with Crippen molar-refractivity contribution in [1.29, 1.82) is 0 Å². The first kappa shape index (κ1) is 28.4. The number of carboxylic acid groups (broad SMARTS) is 1. The maximum Gasteiger partial charge on any atom is 0.511 e. The molecule has 0 aliphatic heterocycles. The van der Waals surface area contributed by atoms with E-state index in [0.717, 1.165) is 6.07 Å². The van der Waals surface area contributed by atoms with E-state index in [1.54, 1.807) is 6.92 Å². The van der Waals surface area contributed by atoms with Gasteiger partial charge < -0.3 is 28.8 Å². The lowest BCUT2D eigenvalue weighted by molar-refractivity contribution is -0.386. The van der Waals surface area contributed by atoms with Crippen molar-refractivity contribution in [3.8, 4) is 5.75 Å². The van der Waals surface area contributed by atoms with Gasteiger partial charge in [0.1, 0.15) is 5.75 Å². The molecule has 1 aromatic rings. The first-order chi connectivity index (χ1) is 16.4. The Labute approximate surface area is 193 Å². The minimum atomic E-state index is -1.56. The van der Waals surface area contributed by atoms with Crippen LogP contribution < -0.4 is 4.74 Å². The summed E-state index contributed by atoms with van der Waals surface area (Å²) in [6.07, 6.45) is -2.55. The number of hydrogen-bond acceptors (Lipinski definition) is 10. The first-order valence-electron chi connectivity index (χ1n) is 10.00. The highest BCUT2D eigenvalue weighted by atomic mass is 16.7. The highest BCUT2D eigenvalue weighted by Gasteiger charge is 2.28. The Bertz CT molecular complexity index is 859. The standard InChI is InChI=1S/C18H25N7O9/c1-13(15-12-14(34-18(26)27)2-3-16(15)25(28)29)17(32-10-8-30-6-4-21-23-19)33-11-9-31-7-5-22-24-20/h2-3,12-13,17H,4-11H2,1H3,(H,26,27). The topological polar surface area (TPSA) is 224 Å². The lowest BCUT2D eigenvalue weighted by Gasteiger charge is -2.25. The van der Waals surface area contributed by atoms with E-state index in [0.29, 0.717) is 0 Å². The van der Waals surface area contributed by atoms with Crippen molar-refractivity contribution in [2.75, 3.05) is 52.7 Å². The molecule has 0 aromatic heterocycles. The molecule has 0 spiro atoms. The smallest absolute Gasteiger partial charge is 0.449 e. The van der Waals surface area contributed by atoms with Crippen LogP contribution in [0.25, 0.3) is 20.9 Å². The van der Waals surface area contributed by atoms with Crippen molar-refractivity contribution in [3.05, 3.63) is 54.8 Å². The molecule has 1 unspecified atom stereocenters. The van der Waals surface area contributed by atoms with Crippen molar-refractivity contribution in [1.82, 2.24) is 0 Å². The summed E-state index contributed by atoms with van der Waals surface area (Å²) in [6.45, 7) is 2.69. The molecule has 0 amide bonds. The van der Waals surface area contributed by atoms with E-state index < -0.39 is 23.3 Å². The molecule has 0 heterocycles. The Morgan fingerprint density at radius 1 is 1.06 bits per heavy atom. The fourth-order valence-electron chi connectivity index (χ4n) is 2.66. The quantitative estimate of drug-likeness (QED) is 0.0368. The maximum atomic E-state index is 11.5. The molecular weight excluding hydrogens is 458 g/mol. The van der Waals surface area contributed by atoms with E-state index in [-0.39, 0.29) is 69.7 Å². The van der Waals surface area contributed by atoms with Crippen LogP contribution in [0.1, 0.15) is 18.4 Å². The molecular formula is C18H25N7O9. The van der Waals surface area contributed by atoms with Crippen LogP contribution in [0.4, 0.5) is 10.5 Å². The van der Waals surface area contributed by atoms with Gasteiger partial charge in [0.2, 0.25) is 0 Å². The summed E-state index contributed by atoms with van der Waals surface area (Å²) in [5.74, 6) is -0.814. The SMILES string of the molecule is CC(c1cc(OC(=O)O)ccc1[N+](=O)[O-])C(OCCOCCN=[N+]=[N-])OCCOCCN=[N+]=[N-]. The van der Waals surface area contributed by atoms with Gasteiger partial charge in [-0.2, -0.15) is 0 Å². The minimum Gasteiger partial charge on any atom is -0.449 e. The molecule has 0 bridgehead atoms. The number of nitro groups is 1. The van der Waals surface area contributed by atoms with Gasteiger partial charge in [0.25, 0.3) is 5.69 Å². The van der Waals surface area contributed by atoms with E-state index in [1.807, 2.05) is 0 Å². The molecule has 1 rings (SSSR count). The van der Waals surface area contributed by atoms with Gasteiger partial charge in [0, 0.05) is 40.5 Å². The molecule has 16 heteroatoms. The third kappa shape index (κ3) is 11.3. The molecule has 0 saturated carbocycles. The zero-order valence-electron chi connectivity index (χ0n) is 18.4. The number of ether oxygens (including phenoxy) is 5. The van der Waals surface area contributed by atoms with Crippen LogP contribution >= 0.6 is 0 Å². The molecule has 1 N–H and O–H groups in total. The average molecular weight is 483 g/mol. The van der Waals surface area contributed by atoms with E-state index in [2.05, 4.69) is 24.8 Å². The number of nitro benzene ring substituents is 1. The van der Waals surface area contributed by atoms with Crippen LogP contribution in [0.15, 0.2) is 28.4 Å². The summed E-state index contributed by atoms with van der Waals surface area (Å²) < 4.78 is 26.6.